The summed E-state index contributed by atoms with van der Waals surface area (Å²) in [6.07, 6.45) is 2.62. The first-order chi connectivity index (χ1) is 3.27. The molecule has 0 unspecified atom stereocenters. The average Bonchev–Trinajstić information content (AvgIpc) is 1.61. The standard InChI is InChI=1S/C5H11N2.Y/c1-5(2)7-4-6-3;/h5H,1-3H3,(H,6,7);/q-1;. The van der Waals surface area contributed by atoms with E-state index in [0.717, 1.165) is 0 Å². The zero-order valence-corrected chi connectivity index (χ0v) is 8.44. The molecule has 0 aromatic carbocycles. The molecule has 3 heteroatoms. The van der Waals surface area contributed by atoms with E-state index < -0.39 is 0 Å². The summed E-state index contributed by atoms with van der Waals surface area (Å²) in [6.45, 7) is 4.01. The molecule has 0 rings (SSSR count). The Bertz CT molecular complexity index is 61.4. The number of nitrogens with one attached hydrogen (secondary N) is 1. The van der Waals surface area contributed by atoms with Crippen molar-refractivity contribution in [3.63, 3.8) is 0 Å². The molecule has 2 nitrogen and oxygen atoms in total. The Labute approximate surface area is 76.0 Å². The number of nitrogens with zero attached hydrogens (tertiary/aromatic N) is 1. The van der Waals surface area contributed by atoms with Gasteiger partial charge in [-0.1, -0.05) is 0 Å². The molecule has 0 spiro atoms. The predicted octanol–water partition coefficient (Wildman–Crippen LogP) is 0.517. The van der Waals surface area contributed by atoms with Gasteiger partial charge in [0.25, 0.3) is 0 Å². The van der Waals surface area contributed by atoms with Gasteiger partial charge in [0, 0.05) is 38.8 Å². The Morgan fingerprint density at radius 1 is 1.50 bits per heavy atom. The van der Waals surface area contributed by atoms with Crippen LogP contribution in [0.5, 0.6) is 0 Å². The van der Waals surface area contributed by atoms with Gasteiger partial charge in [-0.15, -0.1) is 0 Å². The topological polar surface area (TPSA) is 24.4 Å². The molecular formula is C5H11N2Y-. The first-order valence-corrected chi connectivity index (χ1v) is 2.39. The minimum atomic E-state index is 0. The first kappa shape index (κ1) is 11.4. The van der Waals surface area contributed by atoms with E-state index in [9.17, 15) is 0 Å². The summed E-state index contributed by atoms with van der Waals surface area (Å²) in [5, 5.41) is 2.68. The molecule has 0 aromatic rings. The van der Waals surface area contributed by atoms with Gasteiger partial charge in [-0.3, -0.25) is 0 Å². The second kappa shape index (κ2) is 7.57. The van der Waals surface area contributed by atoms with Crippen molar-refractivity contribution in [2.75, 3.05) is 7.05 Å². The number of hydrogen-bond acceptors (Lipinski definition) is 1. The van der Waals surface area contributed by atoms with Crippen LogP contribution in [0.3, 0.4) is 0 Å². The van der Waals surface area contributed by atoms with Gasteiger partial charge in [0.1, 0.15) is 0 Å². The van der Waals surface area contributed by atoms with Gasteiger partial charge < -0.3 is 16.6 Å². The van der Waals surface area contributed by atoms with E-state index in [1.54, 1.807) is 7.05 Å². The molecule has 0 aliphatic heterocycles. The number of aliphatic imine (C=N–C) groups is 1. The zero-order valence-electron chi connectivity index (χ0n) is 5.60. The molecule has 0 heterocycles. The van der Waals surface area contributed by atoms with Crippen molar-refractivity contribution in [3.05, 3.63) is 0 Å². The van der Waals surface area contributed by atoms with Crippen molar-refractivity contribution in [2.24, 2.45) is 4.99 Å². The molecule has 0 aliphatic carbocycles. The largest absolute Gasteiger partial charge is 0.553 e. The minimum Gasteiger partial charge on any atom is -0.553 e. The van der Waals surface area contributed by atoms with Gasteiger partial charge in [0.05, 0.1) is 0 Å². The van der Waals surface area contributed by atoms with Crippen molar-refractivity contribution in [3.8, 4) is 0 Å². The van der Waals surface area contributed by atoms with E-state index in [0.29, 0.717) is 6.04 Å². The maximum absolute atomic E-state index is 3.88. The molecule has 1 radical (unpaired) electrons. The molecule has 0 aromatic heterocycles. The summed E-state index contributed by atoms with van der Waals surface area (Å²) in [5.41, 5.74) is 0. The average molecular weight is 188 g/mol. The summed E-state index contributed by atoms with van der Waals surface area (Å²) in [5.74, 6) is 0. The fourth-order valence-corrected chi connectivity index (χ4v) is 0.194. The minimum absolute atomic E-state index is 0. The number of hydrogen-bond donors (Lipinski definition) is 1. The van der Waals surface area contributed by atoms with Crippen LogP contribution >= 0.6 is 0 Å². The van der Waals surface area contributed by atoms with Crippen LogP contribution in [0.2, 0.25) is 0 Å². The Morgan fingerprint density at radius 3 is 2.12 bits per heavy atom. The summed E-state index contributed by atoms with van der Waals surface area (Å²) in [4.78, 5) is 3.88. The molecule has 1 N–H and O–H groups in total. The van der Waals surface area contributed by atoms with E-state index >= 15 is 0 Å². The van der Waals surface area contributed by atoms with Crippen LogP contribution < -0.4 is 5.32 Å². The summed E-state index contributed by atoms with van der Waals surface area (Å²) >= 11 is 0. The SMILES string of the molecule is CN[C-]=NC(C)C.[Y]. The Hall–Kier alpha value is 0.574. The second-order valence-electron chi connectivity index (χ2n) is 1.58. The number of rotatable bonds is 2. The molecule has 0 atom stereocenters. The molecule has 0 aliphatic rings. The fraction of sp³-hybridized carbons (Fsp3) is 0.800. The van der Waals surface area contributed by atoms with Crippen LogP contribution in [0.15, 0.2) is 4.99 Å². The third kappa shape index (κ3) is 9.76. The maximum Gasteiger partial charge on any atom is 0.00714 e. The van der Waals surface area contributed by atoms with E-state index in [1.807, 2.05) is 13.8 Å². The van der Waals surface area contributed by atoms with Gasteiger partial charge in [-0.2, -0.15) is 0 Å². The van der Waals surface area contributed by atoms with Crippen LogP contribution in [0.25, 0.3) is 0 Å². The Balaban J connectivity index is 0. The van der Waals surface area contributed by atoms with Crippen LogP contribution in [-0.2, 0) is 32.7 Å². The molecule has 0 saturated carbocycles. The molecular weight excluding hydrogens is 177 g/mol. The third-order valence-electron chi connectivity index (χ3n) is 0.435. The van der Waals surface area contributed by atoms with Crippen LogP contribution in [0, 0.1) is 0 Å². The molecule has 8 heavy (non-hydrogen) atoms. The monoisotopic (exact) mass is 188 g/mol. The van der Waals surface area contributed by atoms with Crippen LogP contribution in [0.1, 0.15) is 13.8 Å². The Morgan fingerprint density at radius 2 is 2.00 bits per heavy atom. The first-order valence-electron chi connectivity index (χ1n) is 2.39. The Kier molecular flexibility index (Phi) is 10.8. The molecule has 0 saturated heterocycles. The van der Waals surface area contributed by atoms with Crippen molar-refractivity contribution in [2.45, 2.75) is 19.9 Å². The van der Waals surface area contributed by atoms with Crippen molar-refractivity contribution in [1.29, 1.82) is 0 Å². The van der Waals surface area contributed by atoms with Crippen LogP contribution in [0.4, 0.5) is 0 Å². The zero-order chi connectivity index (χ0) is 5.70. The predicted molar refractivity (Wildman–Crippen MR) is 31.6 cm³/mol. The van der Waals surface area contributed by atoms with Gasteiger partial charge in [0.2, 0.25) is 0 Å². The van der Waals surface area contributed by atoms with Crippen LogP contribution in [-0.4, -0.2) is 19.4 Å². The van der Waals surface area contributed by atoms with Crippen molar-refractivity contribution < 1.29 is 32.7 Å². The quantitative estimate of drug-likeness (QED) is 0.290. The third-order valence-corrected chi connectivity index (χ3v) is 0.435. The summed E-state index contributed by atoms with van der Waals surface area (Å²) in [7, 11) is 1.78. The smallest absolute Gasteiger partial charge is 0.00714 e. The van der Waals surface area contributed by atoms with Gasteiger partial charge in [-0.05, 0) is 20.9 Å². The van der Waals surface area contributed by atoms with Gasteiger partial charge >= 0.3 is 0 Å². The van der Waals surface area contributed by atoms with Crippen molar-refractivity contribution >= 4 is 6.34 Å². The van der Waals surface area contributed by atoms with Crippen molar-refractivity contribution in [1.82, 2.24) is 5.32 Å². The second-order valence-corrected chi connectivity index (χ2v) is 1.58. The van der Waals surface area contributed by atoms with Gasteiger partial charge in [-0.25, -0.2) is 0 Å². The molecule has 45 valence electrons. The van der Waals surface area contributed by atoms with Gasteiger partial charge in [0.15, 0.2) is 0 Å². The van der Waals surface area contributed by atoms with E-state index in [-0.39, 0.29) is 32.7 Å². The summed E-state index contributed by atoms with van der Waals surface area (Å²) in [6, 6.07) is 0.354. The summed E-state index contributed by atoms with van der Waals surface area (Å²) < 4.78 is 0. The van der Waals surface area contributed by atoms with E-state index in [2.05, 4.69) is 16.6 Å². The van der Waals surface area contributed by atoms with E-state index in [1.165, 1.54) is 0 Å². The normalized spacial score (nSPS) is 9.50. The fourth-order valence-electron chi connectivity index (χ4n) is 0.194. The molecule has 0 amide bonds. The molecule has 0 fully saturated rings. The maximum atomic E-state index is 3.88. The van der Waals surface area contributed by atoms with E-state index in [4.69, 9.17) is 0 Å². The molecule has 0 bridgehead atoms.